The number of para-hydroxylation sites is 2. The summed E-state index contributed by atoms with van der Waals surface area (Å²) < 4.78 is 17.1. The molecule has 0 aliphatic carbocycles. The number of carbonyl (C=O) groups excluding carboxylic acids is 1. The Labute approximate surface area is 190 Å². The number of aryl methyl sites for hydroxylation is 1. The van der Waals surface area contributed by atoms with Gasteiger partial charge in [0.15, 0.2) is 12.4 Å². The molecule has 4 aromatic rings. The van der Waals surface area contributed by atoms with Gasteiger partial charge in [0.2, 0.25) is 0 Å². The molecule has 9 nitrogen and oxygen atoms in total. The number of aromatic nitrogens is 4. The molecule has 0 N–H and O–H groups in total. The highest BCUT2D eigenvalue weighted by Crippen LogP contribution is 2.19. The molecule has 0 spiro atoms. The number of carbonyl (C=O) groups is 1. The van der Waals surface area contributed by atoms with Crippen molar-refractivity contribution in [1.82, 2.24) is 19.7 Å². The third-order valence-corrected chi connectivity index (χ3v) is 5.08. The lowest BCUT2D eigenvalue weighted by Crippen LogP contribution is -2.25. The molecule has 0 aliphatic rings. The Bertz CT molecular complexity index is 1320. The summed E-state index contributed by atoms with van der Waals surface area (Å²) in [5.74, 6) is 1.11. The van der Waals surface area contributed by atoms with Crippen LogP contribution in [0.1, 0.15) is 43.6 Å². The SMILES string of the molecule is COc1ccc(-n2c(=O)c(CCC(=O)OCc3nc(C(C)C)no3)nc3ccccc32)cc1. The first-order chi connectivity index (χ1) is 16.0. The van der Waals surface area contributed by atoms with Crippen LogP contribution in [0.15, 0.2) is 57.8 Å². The van der Waals surface area contributed by atoms with Crippen LogP contribution >= 0.6 is 0 Å². The van der Waals surface area contributed by atoms with Gasteiger partial charge < -0.3 is 14.0 Å². The number of nitrogens with zero attached hydrogens (tertiary/aromatic N) is 4. The van der Waals surface area contributed by atoms with E-state index in [2.05, 4.69) is 15.1 Å². The van der Waals surface area contributed by atoms with Gasteiger partial charge in [-0.25, -0.2) is 4.98 Å². The van der Waals surface area contributed by atoms with Crippen LogP contribution in [0.25, 0.3) is 16.7 Å². The molecule has 0 unspecified atom stereocenters. The molecule has 4 rings (SSSR count). The van der Waals surface area contributed by atoms with Crippen LogP contribution < -0.4 is 10.3 Å². The topological polar surface area (TPSA) is 109 Å². The van der Waals surface area contributed by atoms with Gasteiger partial charge >= 0.3 is 5.97 Å². The van der Waals surface area contributed by atoms with Crippen LogP contribution in [-0.2, 0) is 22.6 Å². The summed E-state index contributed by atoms with van der Waals surface area (Å²) in [4.78, 5) is 34.2. The average Bonchev–Trinajstić information content (AvgIpc) is 3.31. The minimum Gasteiger partial charge on any atom is -0.497 e. The van der Waals surface area contributed by atoms with Gasteiger partial charge in [-0.1, -0.05) is 31.1 Å². The Hall–Kier alpha value is -4.01. The van der Waals surface area contributed by atoms with E-state index >= 15 is 0 Å². The molecule has 170 valence electrons. The van der Waals surface area contributed by atoms with E-state index in [-0.39, 0.29) is 42.5 Å². The number of hydrogen-bond acceptors (Lipinski definition) is 8. The first-order valence-corrected chi connectivity index (χ1v) is 10.6. The van der Waals surface area contributed by atoms with Crippen molar-refractivity contribution < 1.29 is 18.8 Å². The van der Waals surface area contributed by atoms with Crippen molar-refractivity contribution in [3.63, 3.8) is 0 Å². The van der Waals surface area contributed by atoms with Gasteiger partial charge in [0.25, 0.3) is 11.4 Å². The van der Waals surface area contributed by atoms with E-state index in [0.29, 0.717) is 28.3 Å². The number of rotatable bonds is 8. The summed E-state index contributed by atoms with van der Waals surface area (Å²) in [5.41, 5.74) is 2.01. The smallest absolute Gasteiger partial charge is 0.306 e. The molecule has 0 fully saturated rings. The number of fused-ring (bicyclic) bond motifs is 1. The number of ether oxygens (including phenoxy) is 2. The van der Waals surface area contributed by atoms with Gasteiger partial charge in [-0.2, -0.15) is 4.98 Å². The predicted molar refractivity (Wildman–Crippen MR) is 120 cm³/mol. The third kappa shape index (κ3) is 4.92. The highest BCUT2D eigenvalue weighted by atomic mass is 16.6. The van der Waals surface area contributed by atoms with Gasteiger partial charge in [-0.15, -0.1) is 0 Å². The maximum Gasteiger partial charge on any atom is 0.306 e. The van der Waals surface area contributed by atoms with Crippen LogP contribution in [0.4, 0.5) is 0 Å². The normalized spacial score (nSPS) is 11.2. The molecule has 2 heterocycles. The zero-order chi connectivity index (χ0) is 23.4. The fourth-order valence-electron chi connectivity index (χ4n) is 3.33. The lowest BCUT2D eigenvalue weighted by Gasteiger charge is -2.13. The van der Waals surface area contributed by atoms with Crippen molar-refractivity contribution in [2.75, 3.05) is 7.11 Å². The van der Waals surface area contributed by atoms with Crippen LogP contribution in [0, 0.1) is 0 Å². The highest BCUT2D eigenvalue weighted by molar-refractivity contribution is 5.77. The molecular weight excluding hydrogens is 424 g/mol. The van der Waals surface area contributed by atoms with Crippen molar-refractivity contribution in [3.05, 3.63) is 76.3 Å². The second-order valence-electron chi connectivity index (χ2n) is 7.75. The van der Waals surface area contributed by atoms with Gasteiger partial charge in [0, 0.05) is 18.0 Å². The minimum absolute atomic E-state index is 0.00559. The molecule has 0 saturated heterocycles. The van der Waals surface area contributed by atoms with Crippen LogP contribution in [0.2, 0.25) is 0 Å². The molecule has 0 amide bonds. The summed E-state index contributed by atoms with van der Waals surface area (Å²) in [6.45, 7) is 3.77. The Balaban J connectivity index is 1.53. The van der Waals surface area contributed by atoms with Crippen molar-refractivity contribution in [2.45, 2.75) is 39.2 Å². The van der Waals surface area contributed by atoms with E-state index in [0.717, 1.165) is 0 Å². The van der Waals surface area contributed by atoms with Crippen molar-refractivity contribution >= 4 is 17.0 Å². The summed E-state index contributed by atoms with van der Waals surface area (Å²) >= 11 is 0. The first kappa shape index (κ1) is 22.2. The van der Waals surface area contributed by atoms with Crippen molar-refractivity contribution in [1.29, 1.82) is 0 Å². The monoisotopic (exact) mass is 448 g/mol. The lowest BCUT2D eigenvalue weighted by atomic mass is 10.2. The van der Waals surface area contributed by atoms with E-state index < -0.39 is 5.97 Å². The Morgan fingerprint density at radius 2 is 1.85 bits per heavy atom. The summed E-state index contributed by atoms with van der Waals surface area (Å²) in [5, 5.41) is 3.84. The maximum absolute atomic E-state index is 13.3. The van der Waals surface area contributed by atoms with Gasteiger partial charge in [0.05, 0.1) is 24.6 Å². The second-order valence-corrected chi connectivity index (χ2v) is 7.75. The largest absolute Gasteiger partial charge is 0.497 e. The molecule has 9 heteroatoms. The van der Waals surface area contributed by atoms with Gasteiger partial charge in [-0.3, -0.25) is 14.2 Å². The fourth-order valence-corrected chi connectivity index (χ4v) is 3.33. The fraction of sp³-hybridized carbons (Fsp3) is 0.292. The van der Waals surface area contributed by atoms with Crippen molar-refractivity contribution in [2.24, 2.45) is 0 Å². The molecule has 33 heavy (non-hydrogen) atoms. The van der Waals surface area contributed by atoms with E-state index in [1.54, 1.807) is 35.9 Å². The molecule has 2 aromatic carbocycles. The number of hydrogen-bond donors (Lipinski definition) is 0. The third-order valence-electron chi connectivity index (χ3n) is 5.08. The Kier molecular flexibility index (Phi) is 6.48. The summed E-state index contributed by atoms with van der Waals surface area (Å²) in [6, 6.07) is 14.6. The van der Waals surface area contributed by atoms with Crippen LogP contribution in [0.5, 0.6) is 5.75 Å². The Morgan fingerprint density at radius 1 is 1.09 bits per heavy atom. The van der Waals surface area contributed by atoms with E-state index in [1.807, 2.05) is 38.1 Å². The summed E-state index contributed by atoms with van der Waals surface area (Å²) in [7, 11) is 1.59. The molecular formula is C24H24N4O5. The molecule has 2 aromatic heterocycles. The molecule has 0 bridgehead atoms. The standard InChI is InChI=1S/C24H24N4O5/c1-15(2)23-26-21(33-27-23)14-32-22(29)13-12-19-24(30)28(16-8-10-17(31-3)11-9-16)20-7-5-4-6-18(20)25-19/h4-11,15H,12-14H2,1-3H3. The summed E-state index contributed by atoms with van der Waals surface area (Å²) in [6.07, 6.45) is 0.133. The van der Waals surface area contributed by atoms with Gasteiger partial charge in [-0.05, 0) is 36.4 Å². The first-order valence-electron chi connectivity index (χ1n) is 10.6. The minimum atomic E-state index is -0.482. The van der Waals surface area contributed by atoms with E-state index in [4.69, 9.17) is 14.0 Å². The number of esters is 1. The van der Waals surface area contributed by atoms with Gasteiger partial charge in [0.1, 0.15) is 11.4 Å². The van der Waals surface area contributed by atoms with E-state index in [9.17, 15) is 9.59 Å². The average molecular weight is 448 g/mol. The molecule has 0 aliphatic heterocycles. The Morgan fingerprint density at radius 3 is 2.55 bits per heavy atom. The molecule has 0 radical (unpaired) electrons. The quantitative estimate of drug-likeness (QED) is 0.376. The highest BCUT2D eigenvalue weighted by Gasteiger charge is 2.16. The van der Waals surface area contributed by atoms with Crippen molar-refractivity contribution in [3.8, 4) is 11.4 Å². The number of benzene rings is 2. The van der Waals surface area contributed by atoms with Crippen LogP contribution in [0.3, 0.4) is 0 Å². The predicted octanol–water partition coefficient (Wildman–Crippen LogP) is 3.58. The molecule has 0 saturated carbocycles. The van der Waals surface area contributed by atoms with Crippen LogP contribution in [-0.4, -0.2) is 32.8 Å². The van der Waals surface area contributed by atoms with E-state index in [1.165, 1.54) is 0 Å². The second kappa shape index (κ2) is 9.64. The zero-order valence-electron chi connectivity index (χ0n) is 18.6. The lowest BCUT2D eigenvalue weighted by molar-refractivity contribution is -0.145. The number of methoxy groups -OCH3 is 1. The zero-order valence-corrected chi connectivity index (χ0v) is 18.6. The molecule has 0 atom stereocenters. The maximum atomic E-state index is 13.3.